The first-order chi connectivity index (χ1) is 11.5. The maximum atomic E-state index is 12.5. The van der Waals surface area contributed by atoms with E-state index in [1.807, 2.05) is 61.7 Å². The molecule has 0 aliphatic heterocycles. The lowest BCUT2D eigenvalue weighted by atomic mass is 10.0. The van der Waals surface area contributed by atoms with Gasteiger partial charge in [-0.2, -0.15) is 0 Å². The number of fused-ring (bicyclic) bond motifs is 1. The van der Waals surface area contributed by atoms with Crippen LogP contribution in [0.5, 0.6) is 0 Å². The molecule has 1 N–H and O–H groups in total. The summed E-state index contributed by atoms with van der Waals surface area (Å²) in [7, 11) is -3.45. The largest absolute Gasteiger partial charge is 0.285 e. The number of hydrogen-bond acceptors (Lipinski definition) is 4. The minimum absolute atomic E-state index is 0.0259. The predicted molar refractivity (Wildman–Crippen MR) is 93.2 cm³/mol. The molecule has 2 aromatic heterocycles. The predicted octanol–water partition coefficient (Wildman–Crippen LogP) is 2.51. The van der Waals surface area contributed by atoms with Gasteiger partial charge in [-0.25, -0.2) is 13.1 Å². The molecule has 6 nitrogen and oxygen atoms in total. The summed E-state index contributed by atoms with van der Waals surface area (Å²) in [6.45, 7) is 3.68. The number of nitrogens with one attached hydrogen (secondary N) is 1. The van der Waals surface area contributed by atoms with Crippen LogP contribution in [-0.2, 0) is 10.0 Å². The molecule has 0 aliphatic rings. The molecule has 0 amide bonds. The molecule has 0 spiro atoms. The minimum atomic E-state index is -3.45. The van der Waals surface area contributed by atoms with E-state index in [-0.39, 0.29) is 11.7 Å². The van der Waals surface area contributed by atoms with Crippen molar-refractivity contribution in [3.8, 4) is 0 Å². The molecule has 0 fully saturated rings. The summed E-state index contributed by atoms with van der Waals surface area (Å²) < 4.78 is 29.5. The third-order valence-electron chi connectivity index (χ3n) is 3.92. The first-order valence-corrected chi connectivity index (χ1v) is 9.46. The number of aromatic nitrogens is 3. The van der Waals surface area contributed by atoms with Crippen LogP contribution in [0.2, 0.25) is 0 Å². The Labute approximate surface area is 141 Å². The van der Waals surface area contributed by atoms with Gasteiger partial charge in [-0.3, -0.25) is 4.40 Å². The Hall–Kier alpha value is -2.25. The standard InChI is InChI=1S/C17H20N4O2S/c1-13(15-8-4-3-5-9-15)12-24(22,23)20-14(2)17-19-18-16-10-6-7-11-21(16)17/h3-11,13-14,20H,12H2,1-2H3/t13-,14+/m0/s1. The van der Waals surface area contributed by atoms with E-state index in [0.29, 0.717) is 11.5 Å². The van der Waals surface area contributed by atoms with Gasteiger partial charge in [0.25, 0.3) is 0 Å². The second-order valence-corrected chi connectivity index (χ2v) is 7.72. The lowest BCUT2D eigenvalue weighted by Crippen LogP contribution is -2.31. The Balaban J connectivity index is 1.74. The van der Waals surface area contributed by atoms with Crippen LogP contribution in [0.3, 0.4) is 0 Å². The van der Waals surface area contributed by atoms with Gasteiger partial charge >= 0.3 is 0 Å². The molecule has 1 aromatic carbocycles. The van der Waals surface area contributed by atoms with Crippen LogP contribution in [0.1, 0.15) is 37.2 Å². The van der Waals surface area contributed by atoms with Crippen LogP contribution in [0.4, 0.5) is 0 Å². The van der Waals surface area contributed by atoms with Crippen LogP contribution in [-0.4, -0.2) is 28.8 Å². The first kappa shape index (κ1) is 16.6. The van der Waals surface area contributed by atoms with Gasteiger partial charge in [0, 0.05) is 6.20 Å². The van der Waals surface area contributed by atoms with Gasteiger partial charge in [0.1, 0.15) is 0 Å². The molecular formula is C17H20N4O2S. The van der Waals surface area contributed by atoms with E-state index >= 15 is 0 Å². The highest BCUT2D eigenvalue weighted by atomic mass is 32.2. The summed E-state index contributed by atoms with van der Waals surface area (Å²) in [5.41, 5.74) is 1.69. The molecule has 0 saturated heterocycles. The summed E-state index contributed by atoms with van der Waals surface area (Å²) in [5, 5.41) is 8.16. The Morgan fingerprint density at radius 1 is 1.04 bits per heavy atom. The monoisotopic (exact) mass is 344 g/mol. The second-order valence-electron chi connectivity index (χ2n) is 5.92. The fourth-order valence-corrected chi connectivity index (χ4v) is 4.32. The number of rotatable bonds is 6. The normalized spacial score (nSPS) is 14.6. The number of benzene rings is 1. The zero-order chi connectivity index (χ0) is 17.2. The molecule has 24 heavy (non-hydrogen) atoms. The maximum Gasteiger partial charge on any atom is 0.212 e. The van der Waals surface area contributed by atoms with Crippen molar-refractivity contribution in [3.05, 3.63) is 66.1 Å². The summed E-state index contributed by atoms with van der Waals surface area (Å²) in [6.07, 6.45) is 1.82. The lowest BCUT2D eigenvalue weighted by Gasteiger charge is -2.16. The maximum absolute atomic E-state index is 12.5. The topological polar surface area (TPSA) is 76.4 Å². The second kappa shape index (κ2) is 6.70. The lowest BCUT2D eigenvalue weighted by molar-refractivity contribution is 0.553. The van der Waals surface area contributed by atoms with Gasteiger partial charge in [-0.1, -0.05) is 43.3 Å². The van der Waals surface area contributed by atoms with Gasteiger partial charge in [-0.15, -0.1) is 10.2 Å². The van der Waals surface area contributed by atoms with Crippen molar-refractivity contribution in [2.75, 3.05) is 5.75 Å². The summed E-state index contributed by atoms with van der Waals surface area (Å²) in [6, 6.07) is 14.7. The smallest absolute Gasteiger partial charge is 0.212 e. The van der Waals surface area contributed by atoms with Gasteiger partial charge in [0.05, 0.1) is 11.8 Å². The molecule has 0 unspecified atom stereocenters. The summed E-state index contributed by atoms with van der Waals surface area (Å²) in [5.74, 6) is 0.505. The number of hydrogen-bond donors (Lipinski definition) is 1. The molecule has 0 aliphatic carbocycles. The molecule has 2 atom stereocenters. The number of sulfonamides is 1. The Bertz CT molecular complexity index is 922. The van der Waals surface area contributed by atoms with Crippen molar-refractivity contribution in [2.45, 2.75) is 25.8 Å². The highest BCUT2D eigenvalue weighted by molar-refractivity contribution is 7.89. The molecule has 0 saturated carbocycles. The van der Waals surface area contributed by atoms with E-state index in [0.717, 1.165) is 5.56 Å². The SMILES string of the molecule is C[C@@H](CS(=O)(=O)N[C@H](C)c1nnc2ccccn12)c1ccccc1. The molecule has 0 radical (unpaired) electrons. The molecule has 126 valence electrons. The quantitative estimate of drug-likeness (QED) is 0.745. The third kappa shape index (κ3) is 3.63. The van der Waals surface area contributed by atoms with E-state index in [1.54, 1.807) is 11.3 Å². The molecule has 3 aromatic rings. The summed E-state index contributed by atoms with van der Waals surface area (Å²) in [4.78, 5) is 0. The van der Waals surface area contributed by atoms with E-state index in [4.69, 9.17) is 0 Å². The van der Waals surface area contributed by atoms with E-state index in [1.165, 1.54) is 0 Å². The van der Waals surface area contributed by atoms with Crippen LogP contribution >= 0.6 is 0 Å². The number of pyridine rings is 1. The molecule has 0 bridgehead atoms. The average Bonchev–Trinajstić information content (AvgIpc) is 2.99. The Morgan fingerprint density at radius 2 is 1.75 bits per heavy atom. The molecule has 2 heterocycles. The fraction of sp³-hybridized carbons (Fsp3) is 0.294. The van der Waals surface area contributed by atoms with Crippen molar-refractivity contribution >= 4 is 15.7 Å². The number of nitrogens with zero attached hydrogens (tertiary/aromatic N) is 3. The van der Waals surface area contributed by atoms with Crippen molar-refractivity contribution < 1.29 is 8.42 Å². The highest BCUT2D eigenvalue weighted by Crippen LogP contribution is 2.18. The van der Waals surface area contributed by atoms with Crippen molar-refractivity contribution in [1.82, 2.24) is 19.3 Å². The van der Waals surface area contributed by atoms with Crippen LogP contribution in [0.15, 0.2) is 54.7 Å². The van der Waals surface area contributed by atoms with Crippen LogP contribution in [0, 0.1) is 0 Å². The van der Waals surface area contributed by atoms with Crippen molar-refractivity contribution in [1.29, 1.82) is 0 Å². The zero-order valence-electron chi connectivity index (χ0n) is 13.6. The minimum Gasteiger partial charge on any atom is -0.285 e. The molecule has 7 heteroatoms. The highest BCUT2D eigenvalue weighted by Gasteiger charge is 2.22. The fourth-order valence-electron chi connectivity index (χ4n) is 2.73. The van der Waals surface area contributed by atoms with E-state index in [9.17, 15) is 8.42 Å². The van der Waals surface area contributed by atoms with Crippen molar-refractivity contribution in [3.63, 3.8) is 0 Å². The molecular weight excluding hydrogens is 324 g/mol. The van der Waals surface area contributed by atoms with Gasteiger partial charge in [0.15, 0.2) is 11.5 Å². The first-order valence-electron chi connectivity index (χ1n) is 7.81. The third-order valence-corrected chi connectivity index (χ3v) is 5.57. The van der Waals surface area contributed by atoms with Crippen molar-refractivity contribution in [2.24, 2.45) is 0 Å². The van der Waals surface area contributed by atoms with Gasteiger partial charge < -0.3 is 0 Å². The van der Waals surface area contributed by atoms with E-state index < -0.39 is 16.1 Å². The summed E-state index contributed by atoms with van der Waals surface area (Å²) >= 11 is 0. The zero-order valence-corrected chi connectivity index (χ0v) is 14.4. The van der Waals surface area contributed by atoms with Crippen LogP contribution in [0.25, 0.3) is 5.65 Å². The Kier molecular flexibility index (Phi) is 4.64. The van der Waals surface area contributed by atoms with Crippen LogP contribution < -0.4 is 4.72 Å². The average molecular weight is 344 g/mol. The van der Waals surface area contributed by atoms with Gasteiger partial charge in [-0.05, 0) is 30.5 Å². The van der Waals surface area contributed by atoms with E-state index in [2.05, 4.69) is 14.9 Å². The molecule has 3 rings (SSSR count). The Morgan fingerprint density at radius 3 is 2.50 bits per heavy atom. The van der Waals surface area contributed by atoms with Gasteiger partial charge in [0.2, 0.25) is 10.0 Å².